The van der Waals surface area contributed by atoms with Gasteiger partial charge in [-0.2, -0.15) is 10.2 Å². The molecule has 0 radical (unpaired) electrons. The van der Waals surface area contributed by atoms with Crippen LogP contribution in [-0.4, -0.2) is 24.7 Å². The first-order valence-electron chi connectivity index (χ1n) is 8.81. The van der Waals surface area contributed by atoms with Crippen molar-refractivity contribution in [2.45, 2.75) is 20.0 Å². The van der Waals surface area contributed by atoms with Gasteiger partial charge in [-0.15, -0.1) is 0 Å². The highest BCUT2D eigenvalue weighted by Gasteiger charge is 2.06. The molecule has 0 aliphatic heterocycles. The summed E-state index contributed by atoms with van der Waals surface area (Å²) >= 11 is 5.47. The van der Waals surface area contributed by atoms with Gasteiger partial charge in [0.15, 0.2) is 5.11 Å². The van der Waals surface area contributed by atoms with Crippen molar-refractivity contribution in [3.05, 3.63) is 72.8 Å². The number of nitrogens with one attached hydrogen (secondary N) is 2. The van der Waals surface area contributed by atoms with E-state index in [1.807, 2.05) is 52.2 Å². The fourth-order valence-electron chi connectivity index (χ4n) is 2.98. The van der Waals surface area contributed by atoms with Crippen molar-refractivity contribution in [3.8, 4) is 0 Å². The molecule has 6 nitrogen and oxygen atoms in total. The maximum atomic E-state index is 5.47. The van der Waals surface area contributed by atoms with Crippen LogP contribution in [0.2, 0.25) is 0 Å². The minimum Gasteiger partial charge on any atom is -0.332 e. The summed E-state index contributed by atoms with van der Waals surface area (Å²) in [5.74, 6) is 0. The zero-order valence-electron chi connectivity index (χ0n) is 15.0. The second kappa shape index (κ2) is 7.59. The Bertz CT molecular complexity index is 1080. The molecule has 136 valence electrons. The third-order valence-corrected chi connectivity index (χ3v) is 4.49. The molecule has 2 aromatic heterocycles. The minimum atomic E-state index is 0.532. The maximum absolute atomic E-state index is 5.47. The van der Waals surface area contributed by atoms with E-state index < -0.39 is 0 Å². The van der Waals surface area contributed by atoms with Gasteiger partial charge >= 0.3 is 0 Å². The largest absolute Gasteiger partial charge is 0.332 e. The zero-order chi connectivity index (χ0) is 18.6. The zero-order valence-corrected chi connectivity index (χ0v) is 15.8. The van der Waals surface area contributed by atoms with Crippen LogP contribution in [0.5, 0.6) is 0 Å². The molecule has 4 rings (SSSR count). The van der Waals surface area contributed by atoms with Crippen molar-refractivity contribution < 1.29 is 0 Å². The number of fused-ring (bicyclic) bond motifs is 1. The molecule has 2 N–H and O–H groups in total. The molecular formula is C20H20N6S. The van der Waals surface area contributed by atoms with Crippen LogP contribution in [0.4, 0.5) is 11.4 Å². The van der Waals surface area contributed by atoms with Crippen LogP contribution in [0.3, 0.4) is 0 Å². The second-order valence-corrected chi connectivity index (χ2v) is 6.64. The Labute approximate surface area is 162 Å². The first-order valence-corrected chi connectivity index (χ1v) is 9.21. The Morgan fingerprint density at radius 3 is 2.63 bits per heavy atom. The van der Waals surface area contributed by atoms with Crippen LogP contribution in [0.25, 0.3) is 10.8 Å². The number of thiocarbonyl (C=S) groups is 1. The monoisotopic (exact) mass is 376 g/mol. The van der Waals surface area contributed by atoms with E-state index in [1.54, 1.807) is 6.20 Å². The fraction of sp³-hybridized carbons (Fsp3) is 0.150. The Morgan fingerprint density at radius 2 is 1.78 bits per heavy atom. The molecule has 0 aliphatic rings. The van der Waals surface area contributed by atoms with E-state index in [2.05, 4.69) is 46.0 Å². The number of benzene rings is 2. The molecule has 0 spiro atoms. The molecule has 0 fully saturated rings. The molecule has 2 aromatic carbocycles. The van der Waals surface area contributed by atoms with E-state index in [4.69, 9.17) is 12.2 Å². The van der Waals surface area contributed by atoms with Gasteiger partial charge in [0.25, 0.3) is 0 Å². The summed E-state index contributed by atoms with van der Waals surface area (Å²) in [4.78, 5) is 0. The standard InChI is InChI=1S/C20H20N6S/c1-2-25-12-15(10-21-25)13-26-14-17(11-22-26)23-20(27)24-19-9-5-7-16-6-3-4-8-18(16)19/h3-12,14H,2,13H2,1H3,(H2,23,24,27). The van der Waals surface area contributed by atoms with Gasteiger partial charge in [0.05, 0.1) is 24.6 Å². The summed E-state index contributed by atoms with van der Waals surface area (Å²) in [6.45, 7) is 3.60. The smallest absolute Gasteiger partial charge is 0.175 e. The predicted octanol–water partition coefficient (Wildman–Crippen LogP) is 4.11. The lowest BCUT2D eigenvalue weighted by molar-refractivity contribution is 0.654. The average molecular weight is 376 g/mol. The minimum absolute atomic E-state index is 0.532. The van der Waals surface area contributed by atoms with Crippen LogP contribution in [-0.2, 0) is 13.1 Å². The predicted molar refractivity (Wildman–Crippen MR) is 113 cm³/mol. The van der Waals surface area contributed by atoms with Crippen LogP contribution < -0.4 is 10.6 Å². The van der Waals surface area contributed by atoms with Gasteiger partial charge in [-0.05, 0) is 30.6 Å². The van der Waals surface area contributed by atoms with Crippen molar-refractivity contribution in [1.29, 1.82) is 0 Å². The first kappa shape index (κ1) is 17.2. The van der Waals surface area contributed by atoms with Crippen molar-refractivity contribution in [3.63, 3.8) is 0 Å². The molecule has 0 atom stereocenters. The van der Waals surface area contributed by atoms with Gasteiger partial charge in [-0.1, -0.05) is 36.4 Å². The Hall–Kier alpha value is -3.19. The highest BCUT2D eigenvalue weighted by atomic mass is 32.1. The molecule has 27 heavy (non-hydrogen) atoms. The van der Waals surface area contributed by atoms with E-state index in [0.717, 1.165) is 28.9 Å². The summed E-state index contributed by atoms with van der Waals surface area (Å²) < 4.78 is 3.76. The highest BCUT2D eigenvalue weighted by molar-refractivity contribution is 7.80. The number of aromatic nitrogens is 4. The summed E-state index contributed by atoms with van der Waals surface area (Å²) in [6, 6.07) is 14.3. The summed E-state index contributed by atoms with van der Waals surface area (Å²) in [5, 5.41) is 18.0. The Kier molecular flexibility index (Phi) is 4.84. The van der Waals surface area contributed by atoms with Crippen molar-refractivity contribution in [1.82, 2.24) is 19.6 Å². The van der Waals surface area contributed by atoms with Crippen LogP contribution in [0.15, 0.2) is 67.3 Å². The lowest BCUT2D eigenvalue weighted by Gasteiger charge is -2.11. The van der Waals surface area contributed by atoms with E-state index in [0.29, 0.717) is 11.7 Å². The Balaban J connectivity index is 1.42. The van der Waals surface area contributed by atoms with Gasteiger partial charge in [0, 0.05) is 35.6 Å². The molecular weight excluding hydrogens is 356 g/mol. The molecule has 0 saturated carbocycles. The normalized spacial score (nSPS) is 10.9. The molecule has 0 saturated heterocycles. The molecule has 0 amide bonds. The van der Waals surface area contributed by atoms with Crippen LogP contribution in [0, 0.1) is 0 Å². The van der Waals surface area contributed by atoms with Crippen LogP contribution in [0.1, 0.15) is 12.5 Å². The maximum Gasteiger partial charge on any atom is 0.175 e. The van der Waals surface area contributed by atoms with Gasteiger partial charge in [-0.25, -0.2) is 0 Å². The lowest BCUT2D eigenvalue weighted by atomic mass is 10.1. The van der Waals surface area contributed by atoms with E-state index >= 15 is 0 Å². The number of aryl methyl sites for hydroxylation is 1. The lowest BCUT2D eigenvalue weighted by Crippen LogP contribution is -2.18. The number of anilines is 2. The molecule has 0 aliphatic carbocycles. The summed E-state index contributed by atoms with van der Waals surface area (Å²) in [7, 11) is 0. The average Bonchev–Trinajstić information content (AvgIpc) is 3.31. The number of hydrogen-bond donors (Lipinski definition) is 2. The molecule has 4 aromatic rings. The number of rotatable bonds is 5. The quantitative estimate of drug-likeness (QED) is 0.513. The van der Waals surface area contributed by atoms with E-state index in [-0.39, 0.29) is 0 Å². The number of nitrogens with zero attached hydrogens (tertiary/aromatic N) is 4. The fourth-order valence-corrected chi connectivity index (χ4v) is 3.21. The number of hydrogen-bond acceptors (Lipinski definition) is 3. The van der Waals surface area contributed by atoms with Gasteiger partial charge in [0.2, 0.25) is 0 Å². The van der Waals surface area contributed by atoms with E-state index in [1.165, 1.54) is 5.39 Å². The molecule has 7 heteroatoms. The summed E-state index contributed by atoms with van der Waals surface area (Å²) in [6.07, 6.45) is 7.59. The van der Waals surface area contributed by atoms with Gasteiger partial charge < -0.3 is 10.6 Å². The third-order valence-electron chi connectivity index (χ3n) is 4.28. The third kappa shape index (κ3) is 3.98. The second-order valence-electron chi connectivity index (χ2n) is 6.24. The SMILES string of the molecule is CCn1cc(Cn2cc(NC(=S)Nc3cccc4ccccc34)cn2)cn1. The molecule has 0 unspecified atom stereocenters. The van der Waals surface area contributed by atoms with Crippen LogP contribution >= 0.6 is 12.2 Å². The Morgan fingerprint density at radius 1 is 0.963 bits per heavy atom. The topological polar surface area (TPSA) is 59.7 Å². The highest BCUT2D eigenvalue weighted by Crippen LogP contribution is 2.23. The summed E-state index contributed by atoms with van der Waals surface area (Å²) in [5.41, 5.74) is 2.93. The van der Waals surface area contributed by atoms with Crippen molar-refractivity contribution in [2.24, 2.45) is 0 Å². The van der Waals surface area contributed by atoms with Gasteiger partial charge in [-0.3, -0.25) is 9.36 Å². The van der Waals surface area contributed by atoms with Gasteiger partial charge in [0.1, 0.15) is 0 Å². The van der Waals surface area contributed by atoms with Crippen molar-refractivity contribution >= 4 is 39.5 Å². The molecule has 0 bridgehead atoms. The first-order chi connectivity index (χ1) is 13.2. The van der Waals surface area contributed by atoms with Crippen molar-refractivity contribution in [2.75, 3.05) is 10.6 Å². The molecule has 2 heterocycles. The van der Waals surface area contributed by atoms with E-state index in [9.17, 15) is 0 Å².